The largest absolute Gasteiger partial charge is 0.494 e. The van der Waals surface area contributed by atoms with Crippen molar-refractivity contribution in [2.45, 2.75) is 32.1 Å². The molecule has 3 aromatic heterocycles. The number of nitrogens with two attached hydrogens (primary N) is 1. The van der Waals surface area contributed by atoms with Crippen molar-refractivity contribution in [3.8, 4) is 17.2 Å². The van der Waals surface area contributed by atoms with Crippen LogP contribution in [0.4, 0.5) is 19.1 Å². The number of nitrogens with zero attached hydrogens (tertiary/aromatic N) is 4. The number of anilines is 1. The fraction of sp³-hybridized carbons (Fsp3) is 0.292. The smallest absolute Gasteiger partial charge is 0.433 e. The zero-order valence-electron chi connectivity index (χ0n) is 20.1. The second kappa shape index (κ2) is 10.4. The Kier molecular flexibility index (Phi) is 7.25. The summed E-state index contributed by atoms with van der Waals surface area (Å²) in [5, 5.41) is 6.13. The van der Waals surface area contributed by atoms with E-state index in [1.54, 1.807) is 31.5 Å². The number of carbonyl (C=O) groups excluding carboxylic acids is 1. The van der Waals surface area contributed by atoms with Crippen LogP contribution in [0.1, 0.15) is 41.8 Å². The lowest BCUT2D eigenvalue weighted by atomic mass is 10.1. The van der Waals surface area contributed by atoms with Gasteiger partial charge in [-0.25, -0.2) is 19.9 Å². The van der Waals surface area contributed by atoms with E-state index in [0.29, 0.717) is 16.9 Å². The molecule has 0 saturated heterocycles. The number of ether oxygens (including phenoxy) is 1. The van der Waals surface area contributed by atoms with Gasteiger partial charge in [0.2, 0.25) is 11.8 Å². The van der Waals surface area contributed by atoms with E-state index < -0.39 is 23.8 Å². The number of aromatic nitrogens is 4. The van der Waals surface area contributed by atoms with Gasteiger partial charge in [0, 0.05) is 35.9 Å². The SMILES string of the molecule is COc1ccc(-c2nc(C(=O)NC[C@H](C)Nc3ncccn3)c([C@H](C)N)o2)c2ccc(C(F)(F)F)nc12. The molecule has 0 fully saturated rings. The Labute approximate surface area is 209 Å². The predicted octanol–water partition coefficient (Wildman–Crippen LogP) is 3.96. The van der Waals surface area contributed by atoms with Gasteiger partial charge in [-0.05, 0) is 44.2 Å². The van der Waals surface area contributed by atoms with Crippen molar-refractivity contribution in [1.82, 2.24) is 25.3 Å². The predicted molar refractivity (Wildman–Crippen MR) is 129 cm³/mol. The van der Waals surface area contributed by atoms with Crippen LogP contribution < -0.4 is 21.1 Å². The van der Waals surface area contributed by atoms with Gasteiger partial charge < -0.3 is 25.5 Å². The van der Waals surface area contributed by atoms with Crippen molar-refractivity contribution in [1.29, 1.82) is 0 Å². The molecule has 0 spiro atoms. The molecule has 13 heteroatoms. The minimum Gasteiger partial charge on any atom is -0.494 e. The van der Waals surface area contributed by atoms with E-state index in [2.05, 4.69) is 30.6 Å². The molecule has 0 aliphatic heterocycles. The van der Waals surface area contributed by atoms with E-state index in [0.717, 1.165) is 6.07 Å². The molecular weight excluding hydrogens is 491 g/mol. The van der Waals surface area contributed by atoms with Gasteiger partial charge in [0.1, 0.15) is 17.0 Å². The number of amides is 1. The van der Waals surface area contributed by atoms with E-state index in [9.17, 15) is 18.0 Å². The van der Waals surface area contributed by atoms with E-state index in [1.807, 2.05) is 6.92 Å². The Bertz CT molecular complexity index is 1410. The number of rotatable bonds is 8. The number of pyridine rings is 1. The number of benzene rings is 1. The normalized spacial score (nSPS) is 13.3. The Balaban J connectivity index is 1.64. The van der Waals surface area contributed by atoms with E-state index >= 15 is 0 Å². The molecule has 0 aliphatic carbocycles. The maximum Gasteiger partial charge on any atom is 0.433 e. The Hall–Kier alpha value is -4.26. The number of halogens is 3. The van der Waals surface area contributed by atoms with Crippen molar-refractivity contribution in [3.63, 3.8) is 0 Å². The number of carbonyl (C=O) groups is 1. The molecule has 0 saturated carbocycles. The molecule has 3 heterocycles. The van der Waals surface area contributed by atoms with Gasteiger partial charge >= 0.3 is 6.18 Å². The lowest BCUT2D eigenvalue weighted by Gasteiger charge is -2.14. The highest BCUT2D eigenvalue weighted by Crippen LogP contribution is 2.37. The first-order valence-corrected chi connectivity index (χ1v) is 11.2. The average molecular weight is 515 g/mol. The van der Waals surface area contributed by atoms with Gasteiger partial charge in [0.15, 0.2) is 11.5 Å². The first-order chi connectivity index (χ1) is 17.6. The second-order valence-corrected chi connectivity index (χ2v) is 8.25. The number of hydrogen-bond acceptors (Lipinski definition) is 9. The lowest BCUT2D eigenvalue weighted by Crippen LogP contribution is -2.35. The summed E-state index contributed by atoms with van der Waals surface area (Å²) in [6, 6.07) is 5.94. The standard InChI is InChI=1S/C24H24F3N7O3/c1-12(32-23-29-9-4-10-30-23)11-31-21(35)19-20(13(2)28)37-22(34-19)15-5-7-16(36-3)18-14(15)6-8-17(33-18)24(25,26)27/h4-10,12-13H,11,28H2,1-3H3,(H,31,35)(H,29,30,32)/t12-,13-/m0/s1. The summed E-state index contributed by atoms with van der Waals surface area (Å²) in [6.07, 6.45) is -1.45. The summed E-state index contributed by atoms with van der Waals surface area (Å²) < 4.78 is 50.8. The number of hydrogen-bond donors (Lipinski definition) is 3. The van der Waals surface area contributed by atoms with Crippen LogP contribution in [0.2, 0.25) is 0 Å². The number of oxazole rings is 1. The topological polar surface area (TPSA) is 141 Å². The van der Waals surface area contributed by atoms with Crippen molar-refractivity contribution in [2.24, 2.45) is 5.73 Å². The van der Waals surface area contributed by atoms with Crippen LogP contribution in [0.25, 0.3) is 22.4 Å². The monoisotopic (exact) mass is 515 g/mol. The fourth-order valence-electron chi connectivity index (χ4n) is 3.59. The molecule has 0 unspecified atom stereocenters. The first kappa shape index (κ1) is 25.8. The van der Waals surface area contributed by atoms with Gasteiger partial charge in [0.05, 0.1) is 13.2 Å². The third kappa shape index (κ3) is 5.61. The molecule has 4 N–H and O–H groups in total. The molecule has 1 amide bonds. The molecule has 10 nitrogen and oxygen atoms in total. The van der Waals surface area contributed by atoms with Crippen LogP contribution in [-0.4, -0.2) is 45.5 Å². The van der Waals surface area contributed by atoms with Crippen LogP contribution in [0.3, 0.4) is 0 Å². The summed E-state index contributed by atoms with van der Waals surface area (Å²) in [4.78, 5) is 29.2. The maximum absolute atomic E-state index is 13.3. The molecule has 4 aromatic rings. The average Bonchev–Trinajstić information content (AvgIpc) is 3.32. The number of methoxy groups -OCH3 is 1. The quantitative estimate of drug-likeness (QED) is 0.318. The minimum absolute atomic E-state index is 0.00974. The molecule has 4 rings (SSSR count). The molecule has 194 valence electrons. The molecule has 37 heavy (non-hydrogen) atoms. The molecule has 0 bridgehead atoms. The minimum atomic E-state index is -4.63. The van der Waals surface area contributed by atoms with Crippen molar-refractivity contribution in [3.05, 3.63) is 59.9 Å². The highest BCUT2D eigenvalue weighted by molar-refractivity contribution is 5.98. The Morgan fingerprint density at radius 1 is 1.14 bits per heavy atom. The van der Waals surface area contributed by atoms with Crippen LogP contribution in [-0.2, 0) is 6.18 Å². The summed E-state index contributed by atoms with van der Waals surface area (Å²) in [5.74, 6) is 0.169. The summed E-state index contributed by atoms with van der Waals surface area (Å²) in [7, 11) is 1.33. The molecular formula is C24H24F3N7O3. The molecule has 1 aromatic carbocycles. The molecule has 0 radical (unpaired) electrons. The van der Waals surface area contributed by atoms with E-state index in [1.165, 1.54) is 19.2 Å². The third-order valence-corrected chi connectivity index (χ3v) is 5.35. The van der Waals surface area contributed by atoms with E-state index in [-0.39, 0.29) is 41.2 Å². The third-order valence-electron chi connectivity index (χ3n) is 5.35. The van der Waals surface area contributed by atoms with Crippen molar-refractivity contribution in [2.75, 3.05) is 19.0 Å². The van der Waals surface area contributed by atoms with Gasteiger partial charge in [0.25, 0.3) is 5.91 Å². The zero-order chi connectivity index (χ0) is 26.7. The van der Waals surface area contributed by atoms with Crippen molar-refractivity contribution >= 4 is 22.8 Å². The Morgan fingerprint density at radius 2 is 1.86 bits per heavy atom. The van der Waals surface area contributed by atoms with Gasteiger partial charge in [-0.15, -0.1) is 0 Å². The Morgan fingerprint density at radius 3 is 2.51 bits per heavy atom. The van der Waals surface area contributed by atoms with Crippen molar-refractivity contribution < 1.29 is 27.1 Å². The molecule has 0 aliphatic rings. The number of alkyl halides is 3. The highest BCUT2D eigenvalue weighted by atomic mass is 19.4. The number of nitrogens with one attached hydrogen (secondary N) is 2. The van der Waals surface area contributed by atoms with Gasteiger partial charge in [-0.3, -0.25) is 4.79 Å². The number of fused-ring (bicyclic) bond motifs is 1. The molecule has 2 atom stereocenters. The zero-order valence-corrected chi connectivity index (χ0v) is 20.1. The van der Waals surface area contributed by atoms with E-state index in [4.69, 9.17) is 14.9 Å². The van der Waals surface area contributed by atoms with Crippen LogP contribution in [0.5, 0.6) is 5.75 Å². The van der Waals surface area contributed by atoms with Gasteiger partial charge in [-0.2, -0.15) is 13.2 Å². The first-order valence-electron chi connectivity index (χ1n) is 11.2. The fourth-order valence-corrected chi connectivity index (χ4v) is 3.59. The lowest BCUT2D eigenvalue weighted by molar-refractivity contribution is -0.140. The highest BCUT2D eigenvalue weighted by Gasteiger charge is 2.33. The van der Waals surface area contributed by atoms with Crippen LogP contribution in [0.15, 0.2) is 47.1 Å². The maximum atomic E-state index is 13.3. The van der Waals surface area contributed by atoms with Crippen LogP contribution >= 0.6 is 0 Å². The van der Waals surface area contributed by atoms with Gasteiger partial charge in [-0.1, -0.05) is 0 Å². The summed E-state index contributed by atoms with van der Waals surface area (Å²) in [6.45, 7) is 3.68. The second-order valence-electron chi connectivity index (χ2n) is 8.25. The van der Waals surface area contributed by atoms with Crippen LogP contribution in [0, 0.1) is 0 Å². The summed E-state index contributed by atoms with van der Waals surface area (Å²) in [5.41, 5.74) is 5.23. The summed E-state index contributed by atoms with van der Waals surface area (Å²) >= 11 is 0.